The number of para-hydroxylation sites is 1. The highest BCUT2D eigenvalue weighted by Crippen LogP contribution is 2.40. The SMILES string of the molecule is CN1CCN(c2cccc(Nc3ncc4cccc(-c5cnn(C6(CC#N)CN(S(=O)(=O)C7CC7)C6)c5)c4n3)c2)CC1. The molecule has 216 valence electrons. The van der Waals surface area contributed by atoms with E-state index in [0.717, 1.165) is 66.7 Å². The van der Waals surface area contributed by atoms with Crippen LogP contribution in [0.3, 0.4) is 0 Å². The second-order valence-electron chi connectivity index (χ2n) is 11.6. The molecule has 2 aromatic carbocycles. The molecule has 1 N–H and O–H groups in total. The lowest BCUT2D eigenvalue weighted by atomic mass is 9.89. The van der Waals surface area contributed by atoms with Gasteiger partial charge in [0.2, 0.25) is 16.0 Å². The minimum atomic E-state index is -3.29. The Labute approximate surface area is 245 Å². The molecule has 7 rings (SSSR count). The molecule has 0 spiro atoms. The number of likely N-dealkylation sites (N-methyl/N-ethyl adjacent to an activating group) is 1. The fourth-order valence-corrected chi connectivity index (χ4v) is 7.89. The van der Waals surface area contributed by atoms with Crippen LogP contribution in [0.25, 0.3) is 22.0 Å². The molecule has 12 heteroatoms. The zero-order valence-electron chi connectivity index (χ0n) is 23.5. The van der Waals surface area contributed by atoms with E-state index in [2.05, 4.69) is 50.4 Å². The highest BCUT2D eigenvalue weighted by molar-refractivity contribution is 7.90. The molecule has 3 fully saturated rings. The van der Waals surface area contributed by atoms with Crippen LogP contribution >= 0.6 is 0 Å². The molecule has 0 unspecified atom stereocenters. The summed E-state index contributed by atoms with van der Waals surface area (Å²) in [6.07, 6.45) is 7.11. The molecular formula is C30H33N9O2S. The Kier molecular flexibility index (Phi) is 6.61. The number of sulfonamides is 1. The van der Waals surface area contributed by atoms with Crippen molar-refractivity contribution in [1.29, 1.82) is 5.26 Å². The molecule has 2 aromatic heterocycles. The summed E-state index contributed by atoms with van der Waals surface area (Å²) < 4.78 is 28.7. The summed E-state index contributed by atoms with van der Waals surface area (Å²) in [6.45, 7) is 4.60. The monoisotopic (exact) mass is 583 g/mol. The molecule has 4 aromatic rings. The summed E-state index contributed by atoms with van der Waals surface area (Å²) in [6, 6.07) is 16.5. The third kappa shape index (κ3) is 4.87. The Morgan fingerprint density at radius 3 is 2.62 bits per heavy atom. The van der Waals surface area contributed by atoms with Crippen LogP contribution in [0, 0.1) is 11.3 Å². The topological polar surface area (TPSA) is 123 Å². The highest BCUT2D eigenvalue weighted by atomic mass is 32.2. The van der Waals surface area contributed by atoms with E-state index in [-0.39, 0.29) is 24.8 Å². The first-order chi connectivity index (χ1) is 20.3. The quantitative estimate of drug-likeness (QED) is 0.332. The molecule has 2 aliphatic heterocycles. The summed E-state index contributed by atoms with van der Waals surface area (Å²) in [4.78, 5) is 14.2. The molecule has 4 heterocycles. The number of nitriles is 1. The summed E-state index contributed by atoms with van der Waals surface area (Å²) in [5, 5.41) is 18.2. The van der Waals surface area contributed by atoms with Crippen molar-refractivity contribution < 1.29 is 8.42 Å². The van der Waals surface area contributed by atoms with E-state index in [1.165, 1.54) is 9.99 Å². The van der Waals surface area contributed by atoms with Gasteiger partial charge in [-0.3, -0.25) is 4.68 Å². The first-order valence-electron chi connectivity index (χ1n) is 14.3. The molecule has 1 aliphatic carbocycles. The number of piperazine rings is 1. The number of anilines is 3. The van der Waals surface area contributed by atoms with Crippen molar-refractivity contribution in [3.05, 3.63) is 61.1 Å². The lowest BCUT2D eigenvalue weighted by Gasteiger charge is -2.48. The van der Waals surface area contributed by atoms with Crippen LogP contribution in [0.15, 0.2) is 61.1 Å². The predicted octanol–water partition coefficient (Wildman–Crippen LogP) is 3.41. The molecule has 2 saturated heterocycles. The third-order valence-electron chi connectivity index (χ3n) is 8.62. The van der Waals surface area contributed by atoms with Crippen molar-refractivity contribution in [2.24, 2.45) is 0 Å². The van der Waals surface area contributed by atoms with E-state index >= 15 is 0 Å². The van der Waals surface area contributed by atoms with Gasteiger partial charge in [-0.1, -0.05) is 24.3 Å². The van der Waals surface area contributed by atoms with Crippen molar-refractivity contribution in [2.45, 2.75) is 30.1 Å². The number of hydrogen-bond donors (Lipinski definition) is 1. The second kappa shape index (κ2) is 10.3. The lowest BCUT2D eigenvalue weighted by Crippen LogP contribution is -2.64. The minimum absolute atomic E-state index is 0.184. The van der Waals surface area contributed by atoms with Gasteiger partial charge in [0, 0.05) is 79.6 Å². The lowest BCUT2D eigenvalue weighted by molar-refractivity contribution is 0.0716. The molecule has 42 heavy (non-hydrogen) atoms. The van der Waals surface area contributed by atoms with E-state index in [9.17, 15) is 13.7 Å². The zero-order valence-corrected chi connectivity index (χ0v) is 24.3. The van der Waals surface area contributed by atoms with Gasteiger partial charge in [-0.25, -0.2) is 18.4 Å². The maximum absolute atomic E-state index is 12.7. The fourth-order valence-electron chi connectivity index (χ4n) is 5.90. The molecular weight excluding hydrogens is 550 g/mol. The number of aromatic nitrogens is 4. The summed E-state index contributed by atoms with van der Waals surface area (Å²) >= 11 is 0. The summed E-state index contributed by atoms with van der Waals surface area (Å²) in [5.74, 6) is 0.499. The van der Waals surface area contributed by atoms with Crippen molar-refractivity contribution >= 4 is 38.2 Å². The Morgan fingerprint density at radius 2 is 1.86 bits per heavy atom. The summed E-state index contributed by atoms with van der Waals surface area (Å²) in [5.41, 5.74) is 3.95. The maximum Gasteiger partial charge on any atom is 0.227 e. The first-order valence-corrected chi connectivity index (χ1v) is 15.8. The number of rotatable bonds is 8. The van der Waals surface area contributed by atoms with Crippen LogP contribution in [0.5, 0.6) is 0 Å². The second-order valence-corrected chi connectivity index (χ2v) is 13.9. The number of benzene rings is 2. The van der Waals surface area contributed by atoms with Crippen LogP contribution in [0.4, 0.5) is 17.3 Å². The Hall–Kier alpha value is -4.05. The van der Waals surface area contributed by atoms with Crippen LogP contribution in [0.2, 0.25) is 0 Å². The number of nitrogens with one attached hydrogen (secondary N) is 1. The van der Waals surface area contributed by atoms with Crippen LogP contribution in [-0.2, 0) is 15.6 Å². The molecule has 1 saturated carbocycles. The van der Waals surface area contributed by atoms with E-state index in [1.807, 2.05) is 42.7 Å². The van der Waals surface area contributed by atoms with Gasteiger partial charge in [0.25, 0.3) is 0 Å². The third-order valence-corrected chi connectivity index (χ3v) is 10.9. The van der Waals surface area contributed by atoms with Gasteiger partial charge in [0.1, 0.15) is 5.54 Å². The van der Waals surface area contributed by atoms with Crippen molar-refractivity contribution in [2.75, 3.05) is 56.5 Å². The minimum Gasteiger partial charge on any atom is -0.369 e. The predicted molar refractivity (Wildman–Crippen MR) is 162 cm³/mol. The smallest absolute Gasteiger partial charge is 0.227 e. The van der Waals surface area contributed by atoms with Gasteiger partial charge in [0.15, 0.2) is 0 Å². The fraction of sp³-hybridized carbons (Fsp3) is 0.400. The molecule has 11 nitrogen and oxygen atoms in total. The van der Waals surface area contributed by atoms with Crippen molar-refractivity contribution in [1.82, 2.24) is 29.0 Å². The molecule has 0 atom stereocenters. The summed E-state index contributed by atoms with van der Waals surface area (Å²) in [7, 11) is -1.14. The average molecular weight is 584 g/mol. The van der Waals surface area contributed by atoms with Gasteiger partial charge < -0.3 is 15.1 Å². The Bertz CT molecular complexity index is 1780. The van der Waals surface area contributed by atoms with E-state index in [4.69, 9.17) is 4.98 Å². The molecule has 3 aliphatic rings. The van der Waals surface area contributed by atoms with Crippen LogP contribution in [0.1, 0.15) is 19.3 Å². The Balaban J connectivity index is 1.14. The standard InChI is InChI=1S/C30H33N9O2S/c1-36-12-14-37(15-13-36)25-6-3-5-24(16-25)34-29-32-17-22-4-2-7-27(28(22)35-29)23-18-33-39(19-23)30(10-11-31)20-38(21-30)42(40,41)26-8-9-26/h2-7,16-19,26H,8-10,12-15,20-21H2,1H3,(H,32,34,35). The zero-order chi connectivity index (χ0) is 28.9. The molecule has 0 amide bonds. The maximum atomic E-state index is 12.7. The number of nitrogens with zero attached hydrogens (tertiary/aromatic N) is 8. The average Bonchev–Trinajstić information content (AvgIpc) is 3.73. The highest BCUT2D eigenvalue weighted by Gasteiger charge is 2.53. The normalized spacial score (nSPS) is 19.4. The van der Waals surface area contributed by atoms with Crippen molar-refractivity contribution in [3.63, 3.8) is 0 Å². The van der Waals surface area contributed by atoms with Crippen LogP contribution < -0.4 is 10.2 Å². The van der Waals surface area contributed by atoms with Gasteiger partial charge in [0.05, 0.1) is 29.5 Å². The van der Waals surface area contributed by atoms with E-state index in [0.29, 0.717) is 5.95 Å². The van der Waals surface area contributed by atoms with E-state index < -0.39 is 15.6 Å². The largest absolute Gasteiger partial charge is 0.369 e. The molecule has 0 radical (unpaired) electrons. The van der Waals surface area contributed by atoms with Crippen LogP contribution in [-0.4, -0.2) is 88.9 Å². The molecule has 0 bridgehead atoms. The van der Waals surface area contributed by atoms with Crippen molar-refractivity contribution in [3.8, 4) is 17.2 Å². The van der Waals surface area contributed by atoms with Gasteiger partial charge >= 0.3 is 0 Å². The first kappa shape index (κ1) is 26.8. The number of fused-ring (bicyclic) bond motifs is 1. The van der Waals surface area contributed by atoms with Gasteiger partial charge in [-0.2, -0.15) is 14.7 Å². The van der Waals surface area contributed by atoms with Gasteiger partial charge in [-0.15, -0.1) is 0 Å². The Morgan fingerprint density at radius 1 is 1.07 bits per heavy atom. The van der Waals surface area contributed by atoms with E-state index in [1.54, 1.807) is 10.9 Å². The van der Waals surface area contributed by atoms with Gasteiger partial charge in [-0.05, 0) is 38.1 Å². The number of hydrogen-bond acceptors (Lipinski definition) is 9.